The van der Waals surface area contributed by atoms with Gasteiger partial charge in [-0.1, -0.05) is 18.2 Å². The predicted molar refractivity (Wildman–Crippen MR) is 68.5 cm³/mol. The van der Waals surface area contributed by atoms with Crippen LogP contribution in [0.25, 0.3) is 0 Å². The minimum atomic E-state index is 0.159. The molecule has 3 heteroatoms. The summed E-state index contributed by atoms with van der Waals surface area (Å²) < 4.78 is 5.44. The van der Waals surface area contributed by atoms with E-state index in [1.165, 1.54) is 0 Å². The van der Waals surface area contributed by atoms with Crippen LogP contribution in [0.15, 0.2) is 36.9 Å². The van der Waals surface area contributed by atoms with Crippen molar-refractivity contribution in [2.75, 3.05) is 13.2 Å². The fourth-order valence-electron chi connectivity index (χ4n) is 1.46. The summed E-state index contributed by atoms with van der Waals surface area (Å²) in [4.78, 5) is 0. The van der Waals surface area contributed by atoms with Gasteiger partial charge in [0.1, 0.15) is 0 Å². The van der Waals surface area contributed by atoms with Crippen molar-refractivity contribution in [2.45, 2.75) is 19.6 Å². The Morgan fingerprint density at radius 3 is 3.12 bits per heavy atom. The van der Waals surface area contributed by atoms with E-state index in [1.807, 2.05) is 25.1 Å². The van der Waals surface area contributed by atoms with Crippen molar-refractivity contribution in [1.82, 2.24) is 5.32 Å². The molecule has 90 valence electrons. The molecule has 0 radical (unpaired) electrons. The quantitative estimate of drug-likeness (QED) is 0.731. The highest BCUT2D eigenvalue weighted by atomic mass is 16.5. The van der Waals surface area contributed by atoms with Gasteiger partial charge < -0.3 is 10.1 Å². The highest BCUT2D eigenvalue weighted by molar-refractivity contribution is 5.32. The highest BCUT2D eigenvalue weighted by Gasteiger charge is 2.00. The van der Waals surface area contributed by atoms with E-state index in [-0.39, 0.29) is 6.10 Å². The van der Waals surface area contributed by atoms with Gasteiger partial charge in [0, 0.05) is 13.1 Å². The summed E-state index contributed by atoms with van der Waals surface area (Å²) >= 11 is 0. The number of hydrogen-bond acceptors (Lipinski definition) is 3. The summed E-state index contributed by atoms with van der Waals surface area (Å²) in [6.45, 7) is 7.73. The van der Waals surface area contributed by atoms with Crippen molar-refractivity contribution in [1.29, 1.82) is 5.26 Å². The predicted octanol–water partition coefficient (Wildman–Crippen LogP) is 2.24. The Kier molecular flexibility index (Phi) is 6.02. The second-order valence-corrected chi connectivity index (χ2v) is 3.88. The van der Waals surface area contributed by atoms with Crippen LogP contribution in [-0.2, 0) is 11.3 Å². The van der Waals surface area contributed by atoms with Crippen molar-refractivity contribution in [3.8, 4) is 6.07 Å². The lowest BCUT2D eigenvalue weighted by Crippen LogP contribution is -2.26. The molecule has 17 heavy (non-hydrogen) atoms. The minimum Gasteiger partial charge on any atom is -0.373 e. The molecule has 1 N–H and O–H groups in total. The third-order valence-corrected chi connectivity index (χ3v) is 2.32. The maximum absolute atomic E-state index is 8.77. The van der Waals surface area contributed by atoms with Gasteiger partial charge in [-0.05, 0) is 24.6 Å². The summed E-state index contributed by atoms with van der Waals surface area (Å²) in [5, 5.41) is 12.1. The molecular formula is C14H18N2O. The van der Waals surface area contributed by atoms with Gasteiger partial charge in [0.05, 0.1) is 24.3 Å². The molecule has 0 heterocycles. The van der Waals surface area contributed by atoms with Crippen molar-refractivity contribution in [3.05, 3.63) is 48.0 Å². The van der Waals surface area contributed by atoms with Gasteiger partial charge in [0.25, 0.3) is 0 Å². The molecule has 0 bridgehead atoms. The van der Waals surface area contributed by atoms with E-state index in [4.69, 9.17) is 10.00 Å². The average Bonchev–Trinajstić information content (AvgIpc) is 2.36. The van der Waals surface area contributed by atoms with E-state index in [2.05, 4.69) is 18.0 Å². The second kappa shape index (κ2) is 7.61. The fourth-order valence-corrected chi connectivity index (χ4v) is 1.46. The summed E-state index contributed by atoms with van der Waals surface area (Å²) in [7, 11) is 0. The molecular weight excluding hydrogens is 212 g/mol. The van der Waals surface area contributed by atoms with Gasteiger partial charge in [0.2, 0.25) is 0 Å². The molecule has 1 aromatic carbocycles. The van der Waals surface area contributed by atoms with Gasteiger partial charge in [-0.2, -0.15) is 5.26 Å². The molecule has 0 spiro atoms. The SMILES string of the molecule is C=CCOC(C)CNCc1cccc(C#N)c1. The molecule has 0 amide bonds. The normalized spacial score (nSPS) is 11.8. The van der Waals surface area contributed by atoms with Gasteiger partial charge in [0.15, 0.2) is 0 Å². The topological polar surface area (TPSA) is 45.0 Å². The minimum absolute atomic E-state index is 0.159. The maximum atomic E-state index is 8.77. The van der Waals surface area contributed by atoms with Gasteiger partial charge in [-0.15, -0.1) is 6.58 Å². The van der Waals surface area contributed by atoms with Crippen molar-refractivity contribution in [2.24, 2.45) is 0 Å². The van der Waals surface area contributed by atoms with Crippen molar-refractivity contribution in [3.63, 3.8) is 0 Å². The first-order valence-corrected chi connectivity index (χ1v) is 5.68. The van der Waals surface area contributed by atoms with E-state index in [9.17, 15) is 0 Å². The van der Waals surface area contributed by atoms with Crippen LogP contribution in [0.1, 0.15) is 18.1 Å². The van der Waals surface area contributed by atoms with Crippen LogP contribution in [0.4, 0.5) is 0 Å². The number of ether oxygens (including phenoxy) is 1. The molecule has 0 saturated heterocycles. The highest BCUT2D eigenvalue weighted by Crippen LogP contribution is 2.03. The number of hydrogen-bond donors (Lipinski definition) is 1. The van der Waals surface area contributed by atoms with E-state index in [0.717, 1.165) is 18.7 Å². The Labute approximate surface area is 103 Å². The van der Waals surface area contributed by atoms with Crippen molar-refractivity contribution < 1.29 is 4.74 Å². The summed E-state index contributed by atoms with van der Waals surface area (Å²) in [5.74, 6) is 0. The molecule has 0 aliphatic rings. The fraction of sp³-hybridized carbons (Fsp3) is 0.357. The van der Waals surface area contributed by atoms with Crippen LogP contribution in [-0.4, -0.2) is 19.3 Å². The van der Waals surface area contributed by atoms with Crippen LogP contribution >= 0.6 is 0 Å². The largest absolute Gasteiger partial charge is 0.373 e. The lowest BCUT2D eigenvalue weighted by Gasteiger charge is -2.12. The zero-order chi connectivity index (χ0) is 12.5. The Hall–Kier alpha value is -1.63. The number of nitrogens with zero attached hydrogens (tertiary/aromatic N) is 1. The number of rotatable bonds is 7. The third kappa shape index (κ3) is 5.30. The molecule has 0 aliphatic heterocycles. The molecule has 0 aliphatic carbocycles. The Bertz CT molecular complexity index is 395. The number of nitrogens with one attached hydrogen (secondary N) is 1. The molecule has 0 saturated carbocycles. The molecule has 0 fully saturated rings. The molecule has 1 aromatic rings. The number of nitriles is 1. The molecule has 1 rings (SSSR count). The van der Waals surface area contributed by atoms with Crippen LogP contribution in [0.3, 0.4) is 0 Å². The Morgan fingerprint density at radius 1 is 1.59 bits per heavy atom. The summed E-state index contributed by atoms with van der Waals surface area (Å²) in [6, 6.07) is 9.73. The first kappa shape index (κ1) is 13.4. The first-order chi connectivity index (χ1) is 8.26. The lowest BCUT2D eigenvalue weighted by molar-refractivity contribution is 0.0877. The van der Waals surface area contributed by atoms with Crippen LogP contribution < -0.4 is 5.32 Å². The van der Waals surface area contributed by atoms with E-state index in [0.29, 0.717) is 12.2 Å². The molecule has 1 unspecified atom stereocenters. The monoisotopic (exact) mass is 230 g/mol. The van der Waals surface area contributed by atoms with E-state index >= 15 is 0 Å². The molecule has 3 nitrogen and oxygen atoms in total. The van der Waals surface area contributed by atoms with Gasteiger partial charge >= 0.3 is 0 Å². The van der Waals surface area contributed by atoms with Crippen LogP contribution in [0, 0.1) is 11.3 Å². The van der Waals surface area contributed by atoms with Crippen LogP contribution in [0.5, 0.6) is 0 Å². The zero-order valence-electron chi connectivity index (χ0n) is 10.1. The van der Waals surface area contributed by atoms with E-state index in [1.54, 1.807) is 12.1 Å². The van der Waals surface area contributed by atoms with Crippen LogP contribution in [0.2, 0.25) is 0 Å². The van der Waals surface area contributed by atoms with Gasteiger partial charge in [-0.25, -0.2) is 0 Å². The summed E-state index contributed by atoms with van der Waals surface area (Å²) in [5.41, 5.74) is 1.81. The average molecular weight is 230 g/mol. The Morgan fingerprint density at radius 2 is 2.41 bits per heavy atom. The lowest BCUT2D eigenvalue weighted by atomic mass is 10.1. The first-order valence-electron chi connectivity index (χ1n) is 5.68. The molecule has 0 aromatic heterocycles. The molecule has 1 atom stereocenters. The van der Waals surface area contributed by atoms with Gasteiger partial charge in [-0.3, -0.25) is 0 Å². The third-order valence-electron chi connectivity index (χ3n) is 2.32. The number of benzene rings is 1. The standard InChI is InChI=1S/C14H18N2O/c1-3-7-17-12(2)10-16-11-14-6-4-5-13(8-14)9-15/h3-6,8,12,16H,1,7,10-11H2,2H3. The smallest absolute Gasteiger partial charge is 0.0991 e. The van der Waals surface area contributed by atoms with E-state index < -0.39 is 0 Å². The maximum Gasteiger partial charge on any atom is 0.0991 e. The zero-order valence-corrected chi connectivity index (χ0v) is 10.1. The Balaban J connectivity index is 2.30. The van der Waals surface area contributed by atoms with Crippen molar-refractivity contribution >= 4 is 0 Å². The second-order valence-electron chi connectivity index (χ2n) is 3.88. The summed E-state index contributed by atoms with van der Waals surface area (Å²) in [6.07, 6.45) is 1.90.